The lowest BCUT2D eigenvalue weighted by Crippen LogP contribution is -2.00. The summed E-state index contributed by atoms with van der Waals surface area (Å²) in [5, 5.41) is 10.3. The molecule has 0 amide bonds. The molecule has 1 N–H and O–H groups in total. The SMILES string of the molecule is O=C(O)c1sc(CCCOc2ccccc2)nc1Cc1ccccc1. The fraction of sp³-hybridized carbons (Fsp3) is 0.200. The number of carbonyl (C=O) groups is 1. The molecule has 3 rings (SSSR count). The van der Waals surface area contributed by atoms with Crippen molar-refractivity contribution in [1.82, 2.24) is 4.98 Å². The second-order valence-electron chi connectivity index (χ2n) is 5.62. The minimum absolute atomic E-state index is 0.336. The first kappa shape index (κ1) is 17.2. The van der Waals surface area contributed by atoms with Crippen LogP contribution in [0.25, 0.3) is 0 Å². The summed E-state index contributed by atoms with van der Waals surface area (Å²) in [6, 6.07) is 19.5. The van der Waals surface area contributed by atoms with E-state index in [2.05, 4.69) is 4.98 Å². The van der Waals surface area contributed by atoms with Crippen LogP contribution >= 0.6 is 11.3 Å². The molecule has 4 nitrogen and oxygen atoms in total. The predicted octanol–water partition coefficient (Wildman–Crippen LogP) is 4.44. The monoisotopic (exact) mass is 353 g/mol. The number of ether oxygens (including phenoxy) is 1. The standard InChI is InChI=1S/C20H19NO3S/c22-20(23)19-17(14-15-8-3-1-4-9-15)21-18(25-19)12-7-13-24-16-10-5-2-6-11-16/h1-6,8-11H,7,12-14H2,(H,22,23). The van der Waals surface area contributed by atoms with Gasteiger partial charge in [0.2, 0.25) is 0 Å². The van der Waals surface area contributed by atoms with E-state index in [-0.39, 0.29) is 0 Å². The number of hydrogen-bond acceptors (Lipinski definition) is 4. The van der Waals surface area contributed by atoms with Crippen molar-refractivity contribution < 1.29 is 14.6 Å². The van der Waals surface area contributed by atoms with Crippen LogP contribution in [0.3, 0.4) is 0 Å². The summed E-state index contributed by atoms with van der Waals surface area (Å²) in [7, 11) is 0. The van der Waals surface area contributed by atoms with Crippen molar-refractivity contribution in [2.45, 2.75) is 19.3 Å². The van der Waals surface area contributed by atoms with Gasteiger partial charge in [-0.2, -0.15) is 0 Å². The summed E-state index contributed by atoms with van der Waals surface area (Å²) < 4.78 is 5.67. The van der Waals surface area contributed by atoms with E-state index >= 15 is 0 Å². The van der Waals surface area contributed by atoms with Gasteiger partial charge in [-0.1, -0.05) is 48.5 Å². The van der Waals surface area contributed by atoms with Gasteiger partial charge >= 0.3 is 5.97 Å². The van der Waals surface area contributed by atoms with Crippen molar-refractivity contribution in [1.29, 1.82) is 0 Å². The highest BCUT2D eigenvalue weighted by molar-refractivity contribution is 7.13. The molecule has 128 valence electrons. The van der Waals surface area contributed by atoms with Crippen LogP contribution in [0.4, 0.5) is 0 Å². The number of rotatable bonds is 8. The van der Waals surface area contributed by atoms with Crippen molar-refractivity contribution >= 4 is 17.3 Å². The summed E-state index contributed by atoms with van der Waals surface area (Å²) in [4.78, 5) is 16.4. The summed E-state index contributed by atoms with van der Waals surface area (Å²) in [6.45, 7) is 0.583. The van der Waals surface area contributed by atoms with E-state index in [1.807, 2.05) is 60.7 Å². The highest BCUT2D eigenvalue weighted by atomic mass is 32.1. The van der Waals surface area contributed by atoms with E-state index in [1.54, 1.807) is 0 Å². The topological polar surface area (TPSA) is 59.4 Å². The summed E-state index contributed by atoms with van der Waals surface area (Å²) in [5.74, 6) is -0.0622. The predicted molar refractivity (Wildman–Crippen MR) is 98.6 cm³/mol. The number of benzene rings is 2. The van der Waals surface area contributed by atoms with Crippen molar-refractivity contribution in [3.8, 4) is 5.75 Å². The minimum Gasteiger partial charge on any atom is -0.494 e. The molecule has 0 atom stereocenters. The molecule has 0 radical (unpaired) electrons. The Hall–Kier alpha value is -2.66. The Morgan fingerprint density at radius 3 is 2.40 bits per heavy atom. The highest BCUT2D eigenvalue weighted by Crippen LogP contribution is 2.23. The van der Waals surface area contributed by atoms with Gasteiger partial charge in [-0.3, -0.25) is 0 Å². The first-order valence-electron chi connectivity index (χ1n) is 8.16. The molecule has 0 bridgehead atoms. The van der Waals surface area contributed by atoms with Gasteiger partial charge < -0.3 is 9.84 Å². The fourth-order valence-corrected chi connectivity index (χ4v) is 3.47. The number of aromatic nitrogens is 1. The summed E-state index contributed by atoms with van der Waals surface area (Å²) >= 11 is 1.27. The van der Waals surface area contributed by atoms with E-state index in [0.29, 0.717) is 30.0 Å². The third-order valence-electron chi connectivity index (χ3n) is 3.70. The Morgan fingerprint density at radius 2 is 1.72 bits per heavy atom. The zero-order valence-electron chi connectivity index (χ0n) is 13.7. The Labute approximate surface area is 150 Å². The number of thiazole rings is 1. The lowest BCUT2D eigenvalue weighted by atomic mass is 10.1. The zero-order chi connectivity index (χ0) is 17.5. The van der Waals surface area contributed by atoms with Crippen LogP contribution in [0.5, 0.6) is 5.75 Å². The summed E-state index contributed by atoms with van der Waals surface area (Å²) in [5.41, 5.74) is 1.71. The lowest BCUT2D eigenvalue weighted by molar-refractivity contribution is 0.0701. The smallest absolute Gasteiger partial charge is 0.347 e. The van der Waals surface area contributed by atoms with Crippen LogP contribution in [0.2, 0.25) is 0 Å². The van der Waals surface area contributed by atoms with Crippen molar-refractivity contribution in [2.24, 2.45) is 0 Å². The van der Waals surface area contributed by atoms with Gasteiger partial charge in [0.25, 0.3) is 0 Å². The van der Waals surface area contributed by atoms with Gasteiger partial charge in [-0.25, -0.2) is 9.78 Å². The van der Waals surface area contributed by atoms with Gasteiger partial charge in [0.1, 0.15) is 10.6 Å². The van der Waals surface area contributed by atoms with Crippen molar-refractivity contribution in [3.05, 3.63) is 81.8 Å². The largest absolute Gasteiger partial charge is 0.494 e. The molecule has 0 spiro atoms. The van der Waals surface area contributed by atoms with E-state index in [1.165, 1.54) is 11.3 Å². The minimum atomic E-state index is -0.907. The zero-order valence-corrected chi connectivity index (χ0v) is 14.5. The van der Waals surface area contributed by atoms with E-state index in [0.717, 1.165) is 22.7 Å². The van der Waals surface area contributed by atoms with Gasteiger partial charge in [-0.15, -0.1) is 11.3 Å². The van der Waals surface area contributed by atoms with Gasteiger partial charge in [-0.05, 0) is 24.1 Å². The average Bonchev–Trinajstić information content (AvgIpc) is 3.03. The number of nitrogens with zero attached hydrogens (tertiary/aromatic N) is 1. The second kappa shape index (κ2) is 8.44. The number of carboxylic acid groups (broad SMARTS) is 1. The molecule has 0 aliphatic rings. The maximum atomic E-state index is 11.5. The number of aryl methyl sites for hydroxylation is 1. The van der Waals surface area contributed by atoms with Crippen LogP contribution < -0.4 is 4.74 Å². The first-order valence-corrected chi connectivity index (χ1v) is 8.97. The molecule has 5 heteroatoms. The molecule has 0 fully saturated rings. The highest BCUT2D eigenvalue weighted by Gasteiger charge is 2.17. The third kappa shape index (κ3) is 4.90. The molecule has 1 heterocycles. The van der Waals surface area contributed by atoms with Crippen molar-refractivity contribution in [3.63, 3.8) is 0 Å². The van der Waals surface area contributed by atoms with Crippen LogP contribution in [-0.2, 0) is 12.8 Å². The average molecular weight is 353 g/mol. The molecular weight excluding hydrogens is 334 g/mol. The molecule has 2 aromatic carbocycles. The molecule has 25 heavy (non-hydrogen) atoms. The number of carboxylic acids is 1. The quantitative estimate of drug-likeness (QED) is 0.608. The molecule has 1 aromatic heterocycles. The maximum absolute atomic E-state index is 11.5. The summed E-state index contributed by atoms with van der Waals surface area (Å²) in [6.07, 6.45) is 2.05. The van der Waals surface area contributed by atoms with E-state index in [9.17, 15) is 9.90 Å². The molecule has 0 aliphatic heterocycles. The molecule has 0 unspecified atom stereocenters. The third-order valence-corrected chi connectivity index (χ3v) is 4.84. The number of para-hydroxylation sites is 1. The van der Waals surface area contributed by atoms with E-state index in [4.69, 9.17) is 4.74 Å². The van der Waals surface area contributed by atoms with Crippen molar-refractivity contribution in [2.75, 3.05) is 6.61 Å². The van der Waals surface area contributed by atoms with Crippen LogP contribution in [0.15, 0.2) is 60.7 Å². The molecule has 0 saturated carbocycles. The Kier molecular flexibility index (Phi) is 5.80. The van der Waals surface area contributed by atoms with Crippen LogP contribution in [-0.4, -0.2) is 22.7 Å². The first-order chi connectivity index (χ1) is 12.2. The van der Waals surface area contributed by atoms with Gasteiger partial charge in [0.15, 0.2) is 0 Å². The van der Waals surface area contributed by atoms with Gasteiger partial charge in [0, 0.05) is 12.8 Å². The number of hydrogen-bond donors (Lipinski definition) is 1. The molecule has 0 aliphatic carbocycles. The molecule has 3 aromatic rings. The Balaban J connectivity index is 1.60. The normalized spacial score (nSPS) is 10.6. The van der Waals surface area contributed by atoms with Gasteiger partial charge in [0.05, 0.1) is 17.3 Å². The molecular formula is C20H19NO3S. The number of aromatic carboxylic acids is 1. The fourth-order valence-electron chi connectivity index (χ4n) is 2.51. The van der Waals surface area contributed by atoms with Crippen LogP contribution in [0.1, 0.15) is 32.4 Å². The second-order valence-corrected chi connectivity index (χ2v) is 6.70. The lowest BCUT2D eigenvalue weighted by Gasteiger charge is -2.04. The maximum Gasteiger partial charge on any atom is 0.347 e. The Bertz CT molecular complexity index is 815. The Morgan fingerprint density at radius 1 is 1.04 bits per heavy atom. The molecule has 0 saturated heterocycles. The van der Waals surface area contributed by atoms with E-state index < -0.39 is 5.97 Å². The van der Waals surface area contributed by atoms with Crippen LogP contribution in [0, 0.1) is 0 Å².